The summed E-state index contributed by atoms with van der Waals surface area (Å²) in [7, 11) is 1.68. The molecule has 3 aromatic heterocycles. The number of rotatable bonds is 8. The number of pyridine rings is 1. The minimum atomic E-state index is -4.41. The van der Waals surface area contributed by atoms with Gasteiger partial charge in [-0.05, 0) is 63.4 Å². The number of nitro groups is 1. The molecule has 3 heterocycles. The molecular formula is C24H21BrF4N6O3. The Morgan fingerprint density at radius 1 is 1.16 bits per heavy atom. The summed E-state index contributed by atoms with van der Waals surface area (Å²) in [6.07, 6.45) is 1.43. The average Bonchev–Trinajstić information content (AvgIpc) is 3.37. The number of aromatic nitrogens is 5. The van der Waals surface area contributed by atoms with Crippen LogP contribution in [0.25, 0.3) is 11.3 Å². The van der Waals surface area contributed by atoms with Crippen molar-refractivity contribution >= 4 is 21.7 Å². The number of nitrogens with zero attached hydrogens (tertiary/aromatic N) is 6. The van der Waals surface area contributed by atoms with Crippen LogP contribution in [0.3, 0.4) is 0 Å². The molecule has 0 radical (unpaired) electrons. The van der Waals surface area contributed by atoms with Crippen LogP contribution in [0, 0.1) is 15.9 Å². The summed E-state index contributed by atoms with van der Waals surface area (Å²) in [5.41, 5.74) is 1.16. The van der Waals surface area contributed by atoms with Crippen LogP contribution in [0.2, 0.25) is 0 Å². The summed E-state index contributed by atoms with van der Waals surface area (Å²) >= 11 is 3.23. The lowest BCUT2D eigenvalue weighted by molar-refractivity contribution is -0.391. The fraction of sp³-hybridized carbons (Fsp3) is 0.292. The monoisotopic (exact) mass is 596 g/mol. The topological polar surface area (TPSA) is 101 Å². The standard InChI is InChI=1S/C24H21BrF4N6O3/c1-23(2,38-20-7-16(25)10-30-22(20)35(36)37)19-8-17(26)4-5-18(19)21-15(12-33(3)32-21)6-14-9-31-34(11-14)13-24(27,28)29/h4-5,7-12H,6,13H2,1-3H3. The van der Waals surface area contributed by atoms with E-state index in [1.54, 1.807) is 27.1 Å². The molecule has 0 aliphatic carbocycles. The lowest BCUT2D eigenvalue weighted by atomic mass is 9.89. The highest BCUT2D eigenvalue weighted by atomic mass is 79.9. The van der Waals surface area contributed by atoms with Gasteiger partial charge in [-0.25, -0.2) is 4.39 Å². The zero-order valence-corrected chi connectivity index (χ0v) is 21.9. The number of alkyl halides is 3. The molecule has 0 amide bonds. The summed E-state index contributed by atoms with van der Waals surface area (Å²) in [6.45, 7) is 2.04. The van der Waals surface area contributed by atoms with Crippen molar-refractivity contribution in [2.24, 2.45) is 7.05 Å². The second-order valence-electron chi connectivity index (χ2n) is 9.05. The summed E-state index contributed by atoms with van der Waals surface area (Å²) in [4.78, 5) is 14.6. The molecule has 14 heteroatoms. The van der Waals surface area contributed by atoms with Gasteiger partial charge in [0.2, 0.25) is 5.75 Å². The maximum Gasteiger partial charge on any atom is 0.408 e. The van der Waals surface area contributed by atoms with Crippen molar-refractivity contribution in [2.75, 3.05) is 0 Å². The number of ether oxygens (including phenoxy) is 1. The van der Waals surface area contributed by atoms with Gasteiger partial charge in [0.25, 0.3) is 0 Å². The largest absolute Gasteiger partial charge is 0.475 e. The number of aryl methyl sites for hydroxylation is 1. The van der Waals surface area contributed by atoms with E-state index in [9.17, 15) is 27.7 Å². The molecule has 0 atom stereocenters. The first-order valence-electron chi connectivity index (χ1n) is 11.1. The van der Waals surface area contributed by atoms with Crippen LogP contribution >= 0.6 is 15.9 Å². The zero-order valence-electron chi connectivity index (χ0n) is 20.3. The Hall–Kier alpha value is -3.81. The van der Waals surface area contributed by atoms with Gasteiger partial charge >= 0.3 is 12.0 Å². The van der Waals surface area contributed by atoms with Crippen LogP contribution in [0.1, 0.15) is 30.5 Å². The number of benzene rings is 1. The average molecular weight is 597 g/mol. The molecule has 200 valence electrons. The van der Waals surface area contributed by atoms with Gasteiger partial charge in [0.05, 0.1) is 16.4 Å². The summed E-state index contributed by atoms with van der Waals surface area (Å²) < 4.78 is 61.5. The van der Waals surface area contributed by atoms with Crippen LogP contribution in [0.4, 0.5) is 23.4 Å². The summed E-state index contributed by atoms with van der Waals surface area (Å²) in [6, 6.07) is 5.42. The second kappa shape index (κ2) is 10.2. The number of hydrogen-bond donors (Lipinski definition) is 0. The first-order valence-corrected chi connectivity index (χ1v) is 11.9. The summed E-state index contributed by atoms with van der Waals surface area (Å²) in [5.74, 6) is -1.19. The smallest absolute Gasteiger partial charge is 0.408 e. The van der Waals surface area contributed by atoms with Crippen LogP contribution in [0.5, 0.6) is 5.75 Å². The molecular weight excluding hydrogens is 576 g/mol. The number of hydrogen-bond acceptors (Lipinski definition) is 6. The van der Waals surface area contributed by atoms with E-state index in [0.29, 0.717) is 32.4 Å². The first-order chi connectivity index (χ1) is 17.7. The molecule has 0 saturated heterocycles. The molecule has 0 fully saturated rings. The molecule has 0 N–H and O–H groups in total. The van der Waals surface area contributed by atoms with Gasteiger partial charge in [-0.3, -0.25) is 9.36 Å². The maximum absolute atomic E-state index is 14.5. The normalized spacial score (nSPS) is 12.1. The quantitative estimate of drug-likeness (QED) is 0.141. The highest BCUT2D eigenvalue weighted by Crippen LogP contribution is 2.39. The minimum Gasteiger partial charge on any atom is -0.475 e. The van der Waals surface area contributed by atoms with Gasteiger partial charge in [0, 0.05) is 48.6 Å². The van der Waals surface area contributed by atoms with Crippen molar-refractivity contribution in [3.05, 3.63) is 86.1 Å². The highest BCUT2D eigenvalue weighted by Gasteiger charge is 2.32. The fourth-order valence-corrected chi connectivity index (χ4v) is 4.37. The molecule has 0 spiro atoms. The maximum atomic E-state index is 14.5. The third kappa shape index (κ3) is 6.18. The van der Waals surface area contributed by atoms with Gasteiger partial charge in [-0.1, -0.05) is 0 Å². The Morgan fingerprint density at radius 3 is 2.58 bits per heavy atom. The van der Waals surface area contributed by atoms with Crippen LogP contribution < -0.4 is 4.74 Å². The van der Waals surface area contributed by atoms with Crippen molar-refractivity contribution in [2.45, 2.75) is 38.6 Å². The Bertz CT molecular complexity index is 1500. The van der Waals surface area contributed by atoms with E-state index in [-0.39, 0.29) is 12.2 Å². The van der Waals surface area contributed by atoms with Crippen LogP contribution in [0.15, 0.2) is 53.5 Å². The zero-order chi connectivity index (χ0) is 27.8. The fourth-order valence-electron chi connectivity index (χ4n) is 4.06. The Morgan fingerprint density at radius 2 is 1.89 bits per heavy atom. The van der Waals surface area contributed by atoms with Crippen molar-refractivity contribution < 1.29 is 27.2 Å². The Labute approximate surface area is 222 Å². The lowest BCUT2D eigenvalue weighted by Crippen LogP contribution is -2.27. The predicted octanol–water partition coefficient (Wildman–Crippen LogP) is 5.96. The van der Waals surface area contributed by atoms with E-state index in [1.807, 2.05) is 0 Å². The van der Waals surface area contributed by atoms with E-state index < -0.39 is 34.9 Å². The van der Waals surface area contributed by atoms with Crippen molar-refractivity contribution in [3.63, 3.8) is 0 Å². The van der Waals surface area contributed by atoms with Gasteiger partial charge in [0.1, 0.15) is 18.0 Å². The molecule has 38 heavy (non-hydrogen) atoms. The Balaban J connectivity index is 1.73. The van der Waals surface area contributed by atoms with Gasteiger partial charge < -0.3 is 14.9 Å². The molecule has 1 aromatic carbocycles. The molecule has 9 nitrogen and oxygen atoms in total. The second-order valence-corrected chi connectivity index (χ2v) is 9.97. The van der Waals surface area contributed by atoms with Crippen LogP contribution in [-0.2, 0) is 25.6 Å². The van der Waals surface area contributed by atoms with E-state index in [1.165, 1.54) is 47.5 Å². The molecule has 0 saturated carbocycles. The van der Waals surface area contributed by atoms with E-state index in [2.05, 4.69) is 31.1 Å². The minimum absolute atomic E-state index is 0.122. The molecule has 0 bridgehead atoms. The first kappa shape index (κ1) is 27.2. The SMILES string of the molecule is Cn1cc(Cc2cnn(CC(F)(F)F)c2)c(-c2ccc(F)cc2C(C)(C)Oc2cc(Br)cnc2[N+](=O)[O-])n1. The molecule has 0 unspecified atom stereocenters. The Kier molecular flexibility index (Phi) is 7.28. The molecule has 0 aliphatic rings. The van der Waals surface area contributed by atoms with Gasteiger partial charge in [0.15, 0.2) is 6.20 Å². The van der Waals surface area contributed by atoms with E-state index in [0.717, 1.165) is 4.68 Å². The van der Waals surface area contributed by atoms with Crippen molar-refractivity contribution in [3.8, 4) is 17.0 Å². The lowest BCUT2D eigenvalue weighted by Gasteiger charge is -2.28. The third-order valence-corrected chi connectivity index (χ3v) is 5.98. The third-order valence-electron chi connectivity index (χ3n) is 5.55. The predicted molar refractivity (Wildman–Crippen MR) is 132 cm³/mol. The van der Waals surface area contributed by atoms with Crippen molar-refractivity contribution in [1.29, 1.82) is 0 Å². The van der Waals surface area contributed by atoms with E-state index in [4.69, 9.17) is 4.74 Å². The summed E-state index contributed by atoms with van der Waals surface area (Å²) in [5, 5.41) is 19.8. The van der Waals surface area contributed by atoms with E-state index >= 15 is 0 Å². The molecule has 4 aromatic rings. The van der Waals surface area contributed by atoms with Gasteiger partial charge in [-0.2, -0.15) is 23.4 Å². The van der Waals surface area contributed by atoms with Gasteiger partial charge in [-0.15, -0.1) is 0 Å². The van der Waals surface area contributed by atoms with Crippen molar-refractivity contribution in [1.82, 2.24) is 24.5 Å². The highest BCUT2D eigenvalue weighted by molar-refractivity contribution is 9.10. The molecule has 0 aliphatic heterocycles. The molecule has 4 rings (SSSR count). The number of halogens is 5. The van der Waals surface area contributed by atoms with Crippen LogP contribution in [-0.4, -0.2) is 35.6 Å².